The average Bonchev–Trinajstić information content (AvgIpc) is 2.62. The average molecular weight is 355 g/mol. The zero-order chi connectivity index (χ0) is 18.9. The fourth-order valence-corrected chi connectivity index (χ4v) is 2.03. The first-order chi connectivity index (χ1) is 12.5. The molecule has 26 heavy (non-hydrogen) atoms. The zero-order valence-corrected chi connectivity index (χ0v) is 14.0. The molecule has 0 atom stereocenters. The van der Waals surface area contributed by atoms with Crippen molar-refractivity contribution in [1.82, 2.24) is 0 Å². The first-order valence-electron chi connectivity index (χ1n) is 7.60. The van der Waals surface area contributed by atoms with E-state index < -0.39 is 4.92 Å². The van der Waals surface area contributed by atoms with E-state index in [1.165, 1.54) is 25.3 Å². The van der Waals surface area contributed by atoms with E-state index in [0.29, 0.717) is 16.9 Å². The Morgan fingerprint density at radius 2 is 1.62 bits per heavy atom. The Morgan fingerprint density at radius 3 is 2.15 bits per heavy atom. The van der Waals surface area contributed by atoms with Gasteiger partial charge in [0.2, 0.25) is 11.8 Å². The van der Waals surface area contributed by atoms with Gasteiger partial charge in [0.25, 0.3) is 5.69 Å². The van der Waals surface area contributed by atoms with Crippen molar-refractivity contribution in [3.05, 3.63) is 70.3 Å². The molecule has 2 N–H and O–H groups in total. The van der Waals surface area contributed by atoms with Crippen molar-refractivity contribution in [3.8, 4) is 0 Å². The van der Waals surface area contributed by atoms with Gasteiger partial charge in [-0.2, -0.15) is 0 Å². The highest BCUT2D eigenvalue weighted by atomic mass is 16.6. The Morgan fingerprint density at radius 1 is 1.04 bits per heavy atom. The quantitative estimate of drug-likeness (QED) is 0.451. The van der Waals surface area contributed by atoms with Gasteiger partial charge in [-0.25, -0.2) is 0 Å². The van der Waals surface area contributed by atoms with Crippen LogP contribution in [0.15, 0.2) is 54.6 Å². The maximum atomic E-state index is 11.9. The maximum Gasteiger partial charge on any atom is 0.269 e. The molecular weight excluding hydrogens is 338 g/mol. The van der Waals surface area contributed by atoms with Crippen LogP contribution in [0.5, 0.6) is 0 Å². The number of hydrogen-bond acceptors (Lipinski definition) is 5. The van der Waals surface area contributed by atoms with Crippen LogP contribution in [0.1, 0.15) is 5.56 Å². The number of benzene rings is 2. The van der Waals surface area contributed by atoms with E-state index in [9.17, 15) is 19.7 Å². The molecule has 0 unspecified atom stereocenters. The van der Waals surface area contributed by atoms with Gasteiger partial charge in [-0.3, -0.25) is 19.7 Å². The normalized spacial score (nSPS) is 10.5. The molecule has 0 bridgehead atoms. The standard InChI is InChI=1S/C18H17N3O5/c1-26-12-18(23)20-15-7-5-14(6-8-15)19-17(22)11-4-13-2-9-16(10-3-13)21(24)25/h2-11H,12H2,1H3,(H,19,22)(H,20,23)/b11-4+. The van der Waals surface area contributed by atoms with Gasteiger partial charge in [0.05, 0.1) is 4.92 Å². The number of ether oxygens (including phenoxy) is 1. The van der Waals surface area contributed by atoms with Crippen LogP contribution in [0.3, 0.4) is 0 Å². The number of non-ortho nitro benzene ring substituents is 1. The summed E-state index contributed by atoms with van der Waals surface area (Å²) < 4.78 is 4.72. The number of rotatable bonds is 7. The molecule has 0 saturated heterocycles. The molecule has 0 heterocycles. The van der Waals surface area contributed by atoms with Crippen LogP contribution in [0.25, 0.3) is 6.08 Å². The Hall–Kier alpha value is -3.52. The predicted octanol–water partition coefficient (Wildman–Crippen LogP) is 2.83. The molecule has 0 aliphatic heterocycles. The second-order valence-electron chi connectivity index (χ2n) is 5.23. The monoisotopic (exact) mass is 355 g/mol. The van der Waals surface area contributed by atoms with E-state index in [4.69, 9.17) is 4.74 Å². The van der Waals surface area contributed by atoms with Crippen molar-refractivity contribution < 1.29 is 19.2 Å². The predicted molar refractivity (Wildman–Crippen MR) is 97.7 cm³/mol. The van der Waals surface area contributed by atoms with E-state index in [-0.39, 0.29) is 24.1 Å². The molecule has 0 aliphatic rings. The molecule has 2 aromatic carbocycles. The van der Waals surface area contributed by atoms with Gasteiger partial charge in [0.1, 0.15) is 6.61 Å². The summed E-state index contributed by atoms with van der Waals surface area (Å²) in [6.07, 6.45) is 2.88. The highest BCUT2D eigenvalue weighted by molar-refractivity contribution is 6.02. The Kier molecular flexibility index (Phi) is 6.58. The molecule has 0 aliphatic carbocycles. The third kappa shape index (κ3) is 5.84. The highest BCUT2D eigenvalue weighted by Crippen LogP contribution is 2.15. The Bertz CT molecular complexity index is 814. The summed E-state index contributed by atoms with van der Waals surface area (Å²) in [5.41, 5.74) is 1.81. The minimum absolute atomic E-state index is 0.00992. The van der Waals surface area contributed by atoms with Crippen LogP contribution in [0.2, 0.25) is 0 Å². The van der Waals surface area contributed by atoms with Crippen molar-refractivity contribution in [2.45, 2.75) is 0 Å². The van der Waals surface area contributed by atoms with Gasteiger partial charge in [-0.05, 0) is 48.0 Å². The first kappa shape index (κ1) is 18.8. The first-order valence-corrected chi connectivity index (χ1v) is 7.60. The number of carbonyl (C=O) groups is 2. The SMILES string of the molecule is COCC(=O)Nc1ccc(NC(=O)/C=C/c2ccc([N+](=O)[O-])cc2)cc1. The zero-order valence-electron chi connectivity index (χ0n) is 14.0. The number of hydrogen-bond donors (Lipinski definition) is 2. The molecule has 2 aromatic rings. The van der Waals surface area contributed by atoms with Crippen molar-refractivity contribution in [1.29, 1.82) is 0 Å². The van der Waals surface area contributed by atoms with E-state index in [2.05, 4.69) is 10.6 Å². The maximum absolute atomic E-state index is 11.9. The Balaban J connectivity index is 1.90. The molecule has 134 valence electrons. The van der Waals surface area contributed by atoms with E-state index in [1.54, 1.807) is 42.5 Å². The minimum Gasteiger partial charge on any atom is -0.375 e. The molecule has 0 saturated carbocycles. The number of nitro groups is 1. The molecular formula is C18H17N3O5. The smallest absolute Gasteiger partial charge is 0.269 e. The number of carbonyl (C=O) groups excluding carboxylic acids is 2. The second kappa shape index (κ2) is 9.09. The molecule has 0 spiro atoms. The van der Waals surface area contributed by atoms with Crippen molar-refractivity contribution in [2.24, 2.45) is 0 Å². The van der Waals surface area contributed by atoms with Gasteiger partial charge in [0.15, 0.2) is 0 Å². The van der Waals surface area contributed by atoms with Crippen LogP contribution in [-0.4, -0.2) is 30.5 Å². The Labute approximate surface area is 149 Å². The van der Waals surface area contributed by atoms with Crippen molar-refractivity contribution in [3.63, 3.8) is 0 Å². The lowest BCUT2D eigenvalue weighted by Gasteiger charge is -2.06. The van der Waals surface area contributed by atoms with E-state index >= 15 is 0 Å². The van der Waals surface area contributed by atoms with Gasteiger partial charge in [-0.15, -0.1) is 0 Å². The summed E-state index contributed by atoms with van der Waals surface area (Å²) in [5, 5.41) is 15.9. The van der Waals surface area contributed by atoms with Crippen LogP contribution < -0.4 is 10.6 Å². The van der Waals surface area contributed by atoms with Crippen molar-refractivity contribution in [2.75, 3.05) is 24.4 Å². The van der Waals surface area contributed by atoms with Crippen LogP contribution in [-0.2, 0) is 14.3 Å². The van der Waals surface area contributed by atoms with Crippen molar-refractivity contribution >= 4 is 35.0 Å². The minimum atomic E-state index is -0.485. The lowest BCUT2D eigenvalue weighted by atomic mass is 10.2. The summed E-state index contributed by atoms with van der Waals surface area (Å²) in [5.74, 6) is -0.616. The number of anilines is 2. The topological polar surface area (TPSA) is 111 Å². The van der Waals surface area contributed by atoms with Crippen LogP contribution in [0, 0.1) is 10.1 Å². The summed E-state index contributed by atoms with van der Waals surface area (Å²) in [7, 11) is 1.43. The van der Waals surface area contributed by atoms with Crippen LogP contribution in [0.4, 0.5) is 17.1 Å². The van der Waals surface area contributed by atoms with E-state index in [1.807, 2.05) is 0 Å². The lowest BCUT2D eigenvalue weighted by molar-refractivity contribution is -0.384. The molecule has 0 radical (unpaired) electrons. The van der Waals surface area contributed by atoms with Crippen LogP contribution >= 0.6 is 0 Å². The molecule has 2 amide bonds. The number of methoxy groups -OCH3 is 1. The summed E-state index contributed by atoms with van der Waals surface area (Å²) in [6, 6.07) is 12.5. The fraction of sp³-hybridized carbons (Fsp3) is 0.111. The number of amides is 2. The highest BCUT2D eigenvalue weighted by Gasteiger charge is 2.04. The molecule has 0 aromatic heterocycles. The molecule has 8 nitrogen and oxygen atoms in total. The fourth-order valence-electron chi connectivity index (χ4n) is 2.03. The lowest BCUT2D eigenvalue weighted by Crippen LogP contribution is -2.17. The second-order valence-corrected chi connectivity index (χ2v) is 5.23. The molecule has 2 rings (SSSR count). The molecule has 0 fully saturated rings. The number of nitrogens with one attached hydrogen (secondary N) is 2. The van der Waals surface area contributed by atoms with E-state index in [0.717, 1.165) is 0 Å². The summed E-state index contributed by atoms with van der Waals surface area (Å²) in [6.45, 7) is -0.0358. The largest absolute Gasteiger partial charge is 0.375 e. The third-order valence-electron chi connectivity index (χ3n) is 3.24. The van der Waals surface area contributed by atoms with Gasteiger partial charge in [-0.1, -0.05) is 0 Å². The van der Waals surface area contributed by atoms with Gasteiger partial charge >= 0.3 is 0 Å². The van der Waals surface area contributed by atoms with Gasteiger partial charge < -0.3 is 15.4 Å². The third-order valence-corrected chi connectivity index (χ3v) is 3.24. The molecule has 8 heteroatoms. The summed E-state index contributed by atoms with van der Waals surface area (Å²) >= 11 is 0. The number of nitrogens with zero attached hydrogens (tertiary/aromatic N) is 1. The van der Waals surface area contributed by atoms with Gasteiger partial charge in [0, 0.05) is 36.7 Å². The summed E-state index contributed by atoms with van der Waals surface area (Å²) in [4.78, 5) is 33.4. The number of nitro benzene ring substituents is 1.